The van der Waals surface area contributed by atoms with Gasteiger partial charge in [-0.2, -0.15) is 0 Å². The quantitative estimate of drug-likeness (QED) is 0.727. The van der Waals surface area contributed by atoms with E-state index in [9.17, 15) is 0 Å². The van der Waals surface area contributed by atoms with Gasteiger partial charge in [0.2, 0.25) is 0 Å². The van der Waals surface area contributed by atoms with Crippen molar-refractivity contribution in [3.63, 3.8) is 0 Å². The molecule has 0 fully saturated rings. The Hall–Kier alpha value is -1.02. The normalized spacial score (nSPS) is 12.7. The van der Waals surface area contributed by atoms with Crippen LogP contribution >= 0.6 is 0 Å². The summed E-state index contributed by atoms with van der Waals surface area (Å²) < 4.78 is 5.26. The molecule has 1 aromatic carbocycles. The van der Waals surface area contributed by atoms with Crippen LogP contribution in [0.3, 0.4) is 0 Å². The Morgan fingerprint density at radius 2 is 2.08 bits per heavy atom. The van der Waals surface area contributed by atoms with Crippen molar-refractivity contribution in [1.29, 1.82) is 0 Å². The highest BCUT2D eigenvalue weighted by molar-refractivity contribution is 5.42. The van der Waals surface area contributed by atoms with Crippen LogP contribution < -0.4 is 10.5 Å². The number of methoxy groups -OCH3 is 1. The molecule has 0 saturated carbocycles. The average Bonchev–Trinajstić information content (AvgIpc) is 2.03. The van der Waals surface area contributed by atoms with Crippen molar-refractivity contribution < 1.29 is 4.74 Å². The van der Waals surface area contributed by atoms with Gasteiger partial charge in [-0.15, -0.1) is 0 Å². The fourth-order valence-electron chi connectivity index (χ4n) is 1.31. The molecule has 2 nitrogen and oxygen atoms in total. The number of benzene rings is 1. The predicted octanol–water partition coefficient (Wildman–Crippen LogP) is 2.02. The maximum atomic E-state index is 5.78. The molecule has 0 radical (unpaired) electrons. The average molecular weight is 165 g/mol. The van der Waals surface area contributed by atoms with E-state index < -0.39 is 0 Å². The van der Waals surface area contributed by atoms with Crippen molar-refractivity contribution >= 4 is 0 Å². The van der Waals surface area contributed by atoms with E-state index in [1.165, 1.54) is 0 Å². The highest BCUT2D eigenvalue weighted by Crippen LogP contribution is 2.26. The van der Waals surface area contributed by atoms with Crippen LogP contribution in [0, 0.1) is 6.92 Å². The third-order valence-electron chi connectivity index (χ3n) is 1.94. The van der Waals surface area contributed by atoms with E-state index >= 15 is 0 Å². The Morgan fingerprint density at radius 1 is 1.42 bits per heavy atom. The second-order valence-corrected chi connectivity index (χ2v) is 2.99. The summed E-state index contributed by atoms with van der Waals surface area (Å²) in [7, 11) is 1.67. The number of hydrogen-bond donors (Lipinski definition) is 1. The number of rotatable bonds is 2. The fraction of sp³-hybridized carbons (Fsp3) is 0.400. The Bertz CT molecular complexity index is 269. The molecule has 0 aliphatic carbocycles. The van der Waals surface area contributed by atoms with Gasteiger partial charge in [0.25, 0.3) is 0 Å². The Kier molecular flexibility index (Phi) is 2.71. The van der Waals surface area contributed by atoms with Gasteiger partial charge in [0.05, 0.1) is 7.11 Å². The molecular formula is C10H15NO. The van der Waals surface area contributed by atoms with Gasteiger partial charge in [-0.05, 0) is 19.4 Å². The molecule has 1 atom stereocenters. The van der Waals surface area contributed by atoms with Gasteiger partial charge in [0, 0.05) is 11.6 Å². The molecule has 0 aromatic heterocycles. The van der Waals surface area contributed by atoms with Crippen LogP contribution in [-0.4, -0.2) is 7.11 Å². The minimum Gasteiger partial charge on any atom is -0.496 e. The topological polar surface area (TPSA) is 35.2 Å². The van der Waals surface area contributed by atoms with Crippen molar-refractivity contribution in [2.75, 3.05) is 7.11 Å². The molecule has 0 heterocycles. The van der Waals surface area contributed by atoms with Crippen LogP contribution in [0.2, 0.25) is 0 Å². The molecule has 2 heteroatoms. The van der Waals surface area contributed by atoms with Crippen LogP contribution in [0.4, 0.5) is 0 Å². The third kappa shape index (κ3) is 1.59. The molecule has 2 N–H and O–H groups in total. The third-order valence-corrected chi connectivity index (χ3v) is 1.94. The van der Waals surface area contributed by atoms with Gasteiger partial charge < -0.3 is 10.5 Å². The van der Waals surface area contributed by atoms with E-state index in [2.05, 4.69) is 0 Å². The first kappa shape index (κ1) is 9.07. The van der Waals surface area contributed by atoms with E-state index in [-0.39, 0.29) is 6.04 Å². The molecule has 0 amide bonds. The van der Waals surface area contributed by atoms with Crippen LogP contribution in [-0.2, 0) is 0 Å². The summed E-state index contributed by atoms with van der Waals surface area (Å²) >= 11 is 0. The highest BCUT2D eigenvalue weighted by atomic mass is 16.5. The smallest absolute Gasteiger partial charge is 0.126 e. The van der Waals surface area contributed by atoms with Crippen molar-refractivity contribution in [3.05, 3.63) is 29.3 Å². The molecule has 0 bridgehead atoms. The van der Waals surface area contributed by atoms with Crippen molar-refractivity contribution in [2.45, 2.75) is 19.9 Å². The molecule has 0 spiro atoms. The Balaban J connectivity index is 3.18. The number of hydrogen-bond acceptors (Lipinski definition) is 2. The van der Waals surface area contributed by atoms with E-state index in [0.717, 1.165) is 16.9 Å². The van der Waals surface area contributed by atoms with Crippen molar-refractivity contribution in [2.24, 2.45) is 5.73 Å². The lowest BCUT2D eigenvalue weighted by Gasteiger charge is -2.13. The van der Waals surface area contributed by atoms with Crippen LogP contribution in [0.1, 0.15) is 24.1 Å². The molecule has 0 aliphatic rings. The second-order valence-electron chi connectivity index (χ2n) is 2.99. The van der Waals surface area contributed by atoms with Crippen LogP contribution in [0.15, 0.2) is 18.2 Å². The van der Waals surface area contributed by atoms with E-state index in [0.29, 0.717) is 0 Å². The maximum absolute atomic E-state index is 5.78. The van der Waals surface area contributed by atoms with E-state index in [4.69, 9.17) is 10.5 Å². The van der Waals surface area contributed by atoms with Gasteiger partial charge in [0.1, 0.15) is 5.75 Å². The lowest BCUT2D eigenvalue weighted by atomic mass is 10.0. The van der Waals surface area contributed by atoms with Crippen LogP contribution in [0.5, 0.6) is 5.75 Å². The predicted molar refractivity (Wildman–Crippen MR) is 50.3 cm³/mol. The second kappa shape index (κ2) is 3.59. The minimum absolute atomic E-state index is 0.0276. The standard InChI is InChI=1S/C10H15NO/c1-7-5-4-6-9(8(2)11)10(7)12-3/h4-6,8H,11H2,1-3H3. The first-order chi connectivity index (χ1) is 5.66. The fourth-order valence-corrected chi connectivity index (χ4v) is 1.31. The molecule has 0 aliphatic heterocycles. The molecule has 12 heavy (non-hydrogen) atoms. The number of para-hydroxylation sites is 1. The Morgan fingerprint density at radius 3 is 2.50 bits per heavy atom. The lowest BCUT2D eigenvalue weighted by molar-refractivity contribution is 0.404. The summed E-state index contributed by atoms with van der Waals surface area (Å²) in [6.45, 7) is 3.97. The monoisotopic (exact) mass is 165 g/mol. The van der Waals surface area contributed by atoms with Crippen molar-refractivity contribution in [3.8, 4) is 5.75 Å². The summed E-state index contributed by atoms with van der Waals surface area (Å²) in [5, 5.41) is 0. The van der Waals surface area contributed by atoms with E-state index in [1.807, 2.05) is 32.0 Å². The SMILES string of the molecule is COc1c(C)cccc1C(C)N. The summed E-state index contributed by atoms with van der Waals surface area (Å²) in [4.78, 5) is 0. The molecule has 1 rings (SSSR count). The molecular weight excluding hydrogens is 150 g/mol. The molecule has 1 unspecified atom stereocenters. The number of ether oxygens (including phenoxy) is 1. The summed E-state index contributed by atoms with van der Waals surface area (Å²) in [6, 6.07) is 6.04. The maximum Gasteiger partial charge on any atom is 0.126 e. The van der Waals surface area contributed by atoms with E-state index in [1.54, 1.807) is 7.11 Å². The molecule has 0 saturated heterocycles. The number of aryl methyl sites for hydroxylation is 1. The minimum atomic E-state index is 0.0276. The molecule has 66 valence electrons. The van der Waals surface area contributed by atoms with Crippen LogP contribution in [0.25, 0.3) is 0 Å². The number of nitrogens with two attached hydrogens (primary N) is 1. The zero-order chi connectivity index (χ0) is 9.14. The first-order valence-corrected chi connectivity index (χ1v) is 4.06. The van der Waals surface area contributed by atoms with Gasteiger partial charge in [-0.25, -0.2) is 0 Å². The zero-order valence-corrected chi connectivity index (χ0v) is 7.79. The first-order valence-electron chi connectivity index (χ1n) is 4.06. The summed E-state index contributed by atoms with van der Waals surface area (Å²) in [5.74, 6) is 0.910. The van der Waals surface area contributed by atoms with Gasteiger partial charge in [-0.3, -0.25) is 0 Å². The lowest BCUT2D eigenvalue weighted by Crippen LogP contribution is -2.07. The largest absolute Gasteiger partial charge is 0.496 e. The summed E-state index contributed by atoms with van der Waals surface area (Å²) in [6.07, 6.45) is 0. The van der Waals surface area contributed by atoms with Crippen molar-refractivity contribution in [1.82, 2.24) is 0 Å². The zero-order valence-electron chi connectivity index (χ0n) is 7.79. The summed E-state index contributed by atoms with van der Waals surface area (Å²) in [5.41, 5.74) is 7.98. The van der Waals surface area contributed by atoms with Gasteiger partial charge >= 0.3 is 0 Å². The van der Waals surface area contributed by atoms with Gasteiger partial charge in [0.15, 0.2) is 0 Å². The highest BCUT2D eigenvalue weighted by Gasteiger charge is 2.08. The molecule has 1 aromatic rings. The Labute approximate surface area is 73.3 Å². The van der Waals surface area contributed by atoms with Gasteiger partial charge in [-0.1, -0.05) is 18.2 Å².